The Morgan fingerprint density at radius 1 is 0.939 bits per heavy atom. The number of urea groups is 1. The molecule has 0 bridgehead atoms. The van der Waals surface area contributed by atoms with Gasteiger partial charge >= 0.3 is 6.03 Å². The van der Waals surface area contributed by atoms with E-state index in [4.69, 9.17) is 0 Å². The molecule has 3 rings (SSSR count). The Hall–Kier alpha value is -2.51. The van der Waals surface area contributed by atoms with Gasteiger partial charge < -0.3 is 20.0 Å². The fraction of sp³-hybridized carbons (Fsp3) is 0.462. The van der Waals surface area contributed by atoms with Crippen molar-refractivity contribution in [3.05, 3.63) is 71.8 Å². The molecule has 1 fully saturated rings. The second-order valence-corrected chi connectivity index (χ2v) is 9.52. The van der Waals surface area contributed by atoms with Crippen LogP contribution in [0.5, 0.6) is 0 Å². The number of amides is 3. The molecule has 1 aliphatic heterocycles. The SMILES string of the molecule is CSCCN(CCc1ccccc1)C(=O)NC(Cc1ccccc1)C(=O)N1CCN(C)CC1. The summed E-state index contributed by atoms with van der Waals surface area (Å²) in [7, 11) is 2.07. The third-order valence-electron chi connectivity index (χ3n) is 6.06. The molecule has 1 heterocycles. The Balaban J connectivity index is 1.70. The van der Waals surface area contributed by atoms with E-state index in [2.05, 4.69) is 29.4 Å². The fourth-order valence-electron chi connectivity index (χ4n) is 3.96. The second kappa shape index (κ2) is 13.3. The van der Waals surface area contributed by atoms with Gasteiger partial charge in [0.2, 0.25) is 5.91 Å². The quantitative estimate of drug-likeness (QED) is 0.583. The summed E-state index contributed by atoms with van der Waals surface area (Å²) in [5.41, 5.74) is 2.25. The van der Waals surface area contributed by atoms with E-state index in [1.54, 1.807) is 11.8 Å². The van der Waals surface area contributed by atoms with E-state index in [1.807, 2.05) is 64.6 Å². The van der Waals surface area contributed by atoms with Crippen molar-refractivity contribution in [3.8, 4) is 0 Å². The average molecular weight is 469 g/mol. The molecule has 1 atom stereocenters. The lowest BCUT2D eigenvalue weighted by Crippen LogP contribution is -2.57. The summed E-state index contributed by atoms with van der Waals surface area (Å²) in [5.74, 6) is 0.867. The van der Waals surface area contributed by atoms with Crippen LogP contribution in [0.1, 0.15) is 11.1 Å². The lowest BCUT2D eigenvalue weighted by molar-refractivity contribution is -0.134. The summed E-state index contributed by atoms with van der Waals surface area (Å²) in [4.78, 5) is 32.7. The Labute approximate surface area is 202 Å². The molecule has 0 aromatic heterocycles. The molecule has 0 saturated carbocycles. The summed E-state index contributed by atoms with van der Waals surface area (Å²) in [6.45, 7) is 4.38. The molecule has 7 heteroatoms. The molecule has 6 nitrogen and oxygen atoms in total. The highest BCUT2D eigenvalue weighted by Crippen LogP contribution is 2.10. The molecule has 1 unspecified atom stereocenters. The van der Waals surface area contributed by atoms with E-state index in [9.17, 15) is 9.59 Å². The highest BCUT2D eigenvalue weighted by Gasteiger charge is 2.29. The first-order valence-corrected chi connectivity index (χ1v) is 13.1. The van der Waals surface area contributed by atoms with Gasteiger partial charge in [-0.2, -0.15) is 11.8 Å². The third kappa shape index (κ3) is 8.09. The smallest absolute Gasteiger partial charge is 0.318 e. The Morgan fingerprint density at radius 3 is 2.15 bits per heavy atom. The first-order chi connectivity index (χ1) is 16.1. The van der Waals surface area contributed by atoms with Gasteiger partial charge in [0.25, 0.3) is 0 Å². The molecule has 1 saturated heterocycles. The number of nitrogens with zero attached hydrogens (tertiary/aromatic N) is 3. The maximum absolute atomic E-state index is 13.4. The Kier molecular flexibility index (Phi) is 10.1. The summed E-state index contributed by atoms with van der Waals surface area (Å²) in [5, 5.41) is 3.09. The molecule has 0 aliphatic carbocycles. The molecule has 3 amide bonds. The average Bonchev–Trinajstić information content (AvgIpc) is 2.85. The molecule has 0 radical (unpaired) electrons. The zero-order valence-corrected chi connectivity index (χ0v) is 20.6. The van der Waals surface area contributed by atoms with Gasteiger partial charge in [-0.3, -0.25) is 4.79 Å². The topological polar surface area (TPSA) is 55.9 Å². The number of carbonyl (C=O) groups is 2. The van der Waals surface area contributed by atoms with Crippen LogP contribution in [0, 0.1) is 0 Å². The van der Waals surface area contributed by atoms with Crippen LogP contribution in [0.25, 0.3) is 0 Å². The minimum atomic E-state index is -0.572. The van der Waals surface area contributed by atoms with E-state index < -0.39 is 6.04 Å². The van der Waals surface area contributed by atoms with E-state index in [-0.39, 0.29) is 11.9 Å². The van der Waals surface area contributed by atoms with Gasteiger partial charge in [0.05, 0.1) is 0 Å². The predicted molar refractivity (Wildman–Crippen MR) is 137 cm³/mol. The highest BCUT2D eigenvalue weighted by atomic mass is 32.2. The van der Waals surface area contributed by atoms with E-state index in [0.717, 1.165) is 30.8 Å². The minimum absolute atomic E-state index is 0.00757. The minimum Gasteiger partial charge on any atom is -0.338 e. The van der Waals surface area contributed by atoms with E-state index >= 15 is 0 Å². The summed E-state index contributed by atoms with van der Waals surface area (Å²) >= 11 is 1.72. The summed E-state index contributed by atoms with van der Waals surface area (Å²) in [6.07, 6.45) is 3.33. The van der Waals surface area contributed by atoms with E-state index in [1.165, 1.54) is 5.56 Å². The number of rotatable bonds is 10. The number of benzene rings is 2. The first kappa shape index (κ1) is 25.1. The molecule has 0 spiro atoms. The van der Waals surface area contributed by atoms with Crippen molar-refractivity contribution < 1.29 is 9.59 Å². The molecular formula is C26H36N4O2S. The van der Waals surface area contributed by atoms with Crippen molar-refractivity contribution >= 4 is 23.7 Å². The zero-order chi connectivity index (χ0) is 23.5. The van der Waals surface area contributed by atoms with Crippen LogP contribution in [0.3, 0.4) is 0 Å². The van der Waals surface area contributed by atoms with Crippen molar-refractivity contribution in [3.63, 3.8) is 0 Å². The molecule has 178 valence electrons. The van der Waals surface area contributed by atoms with Crippen LogP contribution < -0.4 is 5.32 Å². The summed E-state index contributed by atoms with van der Waals surface area (Å²) in [6, 6.07) is 19.4. The normalized spacial score (nSPS) is 15.2. The van der Waals surface area contributed by atoms with Gasteiger partial charge in [0, 0.05) is 51.4 Å². The lowest BCUT2D eigenvalue weighted by atomic mass is 10.0. The first-order valence-electron chi connectivity index (χ1n) is 11.7. The van der Waals surface area contributed by atoms with Gasteiger partial charge in [-0.05, 0) is 30.9 Å². The molecule has 33 heavy (non-hydrogen) atoms. The van der Waals surface area contributed by atoms with Crippen LogP contribution in [-0.2, 0) is 17.6 Å². The standard InChI is InChI=1S/C26H36N4O2S/c1-28-15-17-29(18-16-28)25(31)24(21-23-11-7-4-8-12-23)27-26(32)30(19-20-33-2)14-13-22-9-5-3-6-10-22/h3-12,24H,13-21H2,1-2H3,(H,27,32). The predicted octanol–water partition coefficient (Wildman–Crippen LogP) is 2.99. The zero-order valence-electron chi connectivity index (χ0n) is 19.8. The van der Waals surface area contributed by atoms with Crippen LogP contribution >= 0.6 is 11.8 Å². The molecule has 1 N–H and O–H groups in total. The maximum Gasteiger partial charge on any atom is 0.318 e. The molecule has 1 aliphatic rings. The van der Waals surface area contributed by atoms with Gasteiger partial charge in [-0.1, -0.05) is 60.7 Å². The number of piperazine rings is 1. The van der Waals surface area contributed by atoms with Crippen molar-refractivity contribution in [2.24, 2.45) is 0 Å². The maximum atomic E-state index is 13.4. The Bertz CT molecular complexity index is 857. The number of hydrogen-bond acceptors (Lipinski definition) is 4. The van der Waals surface area contributed by atoms with Crippen LogP contribution in [0.2, 0.25) is 0 Å². The second-order valence-electron chi connectivity index (χ2n) is 8.54. The van der Waals surface area contributed by atoms with Gasteiger partial charge in [0.15, 0.2) is 0 Å². The third-order valence-corrected chi connectivity index (χ3v) is 6.65. The molecule has 2 aromatic rings. The van der Waals surface area contributed by atoms with Crippen LogP contribution in [-0.4, -0.2) is 91.0 Å². The largest absolute Gasteiger partial charge is 0.338 e. The fourth-order valence-corrected chi connectivity index (χ4v) is 4.37. The van der Waals surface area contributed by atoms with Crippen molar-refractivity contribution in [1.82, 2.24) is 20.0 Å². The van der Waals surface area contributed by atoms with Gasteiger partial charge in [0.1, 0.15) is 6.04 Å². The van der Waals surface area contributed by atoms with Gasteiger partial charge in [-0.15, -0.1) is 0 Å². The van der Waals surface area contributed by atoms with Gasteiger partial charge in [-0.25, -0.2) is 4.79 Å². The monoisotopic (exact) mass is 468 g/mol. The van der Waals surface area contributed by atoms with Crippen molar-refractivity contribution in [1.29, 1.82) is 0 Å². The van der Waals surface area contributed by atoms with Crippen molar-refractivity contribution in [2.75, 3.05) is 58.3 Å². The molecular weight excluding hydrogens is 432 g/mol. The number of thioether (sulfide) groups is 1. The number of likely N-dealkylation sites (N-methyl/N-ethyl adjacent to an activating group) is 1. The number of hydrogen-bond donors (Lipinski definition) is 1. The van der Waals surface area contributed by atoms with E-state index in [0.29, 0.717) is 32.6 Å². The highest BCUT2D eigenvalue weighted by molar-refractivity contribution is 7.98. The van der Waals surface area contributed by atoms with Crippen molar-refractivity contribution in [2.45, 2.75) is 18.9 Å². The van der Waals surface area contributed by atoms with Crippen LogP contribution in [0.4, 0.5) is 4.79 Å². The Morgan fingerprint density at radius 2 is 1.55 bits per heavy atom. The number of carbonyl (C=O) groups excluding carboxylic acids is 2. The lowest BCUT2D eigenvalue weighted by Gasteiger charge is -2.35. The van der Waals surface area contributed by atoms with Crippen LogP contribution in [0.15, 0.2) is 60.7 Å². The molecule has 2 aromatic carbocycles. The summed E-state index contributed by atoms with van der Waals surface area (Å²) < 4.78 is 0. The number of nitrogens with one attached hydrogen (secondary N) is 1.